The molecule has 0 aliphatic heterocycles. The van der Waals surface area contributed by atoms with Gasteiger partial charge in [0, 0.05) is 59.4 Å². The third-order valence-corrected chi connectivity index (χ3v) is 12.3. The zero-order valence-electron chi connectivity index (χ0n) is 30.5. The number of thiophene rings is 1. The van der Waals surface area contributed by atoms with Crippen molar-refractivity contribution in [2.75, 3.05) is 0 Å². The molecule has 0 amide bonds. The molecule has 0 saturated heterocycles. The van der Waals surface area contributed by atoms with Crippen LogP contribution in [0.2, 0.25) is 0 Å². The Bertz CT molecular complexity index is 3400. The van der Waals surface area contributed by atoms with E-state index in [1.165, 1.54) is 58.6 Å². The molecule has 0 atom stereocenters. The van der Waals surface area contributed by atoms with E-state index in [0.717, 1.165) is 33.3 Å². The molecule has 4 aromatic heterocycles. The van der Waals surface area contributed by atoms with Crippen molar-refractivity contribution in [3.05, 3.63) is 188 Å². The van der Waals surface area contributed by atoms with Gasteiger partial charge in [-0.3, -0.25) is 0 Å². The summed E-state index contributed by atoms with van der Waals surface area (Å²) in [7, 11) is 0. The quantitative estimate of drug-likeness (QED) is 0.176. The van der Waals surface area contributed by atoms with Crippen LogP contribution in [-0.2, 0) is 0 Å². The molecule has 57 heavy (non-hydrogen) atoms. The zero-order chi connectivity index (χ0) is 37.5. The summed E-state index contributed by atoms with van der Waals surface area (Å²) < 4.78 is 7.38. The summed E-state index contributed by atoms with van der Waals surface area (Å²) in [5, 5.41) is 7.35. The van der Waals surface area contributed by atoms with Gasteiger partial charge in [0.1, 0.15) is 0 Å². The molecule has 5 nitrogen and oxygen atoms in total. The van der Waals surface area contributed by atoms with Crippen LogP contribution < -0.4 is 0 Å². The van der Waals surface area contributed by atoms with Crippen LogP contribution in [0.15, 0.2) is 188 Å². The Morgan fingerprint density at radius 2 is 0.895 bits per heavy atom. The lowest BCUT2D eigenvalue weighted by atomic mass is 10.1. The van der Waals surface area contributed by atoms with E-state index in [4.69, 9.17) is 15.0 Å². The normalized spacial score (nSPS) is 11.9. The Labute approximate surface area is 331 Å². The number of hydrogen-bond acceptors (Lipinski definition) is 4. The van der Waals surface area contributed by atoms with Crippen LogP contribution in [0.4, 0.5) is 0 Å². The number of rotatable bonds is 5. The number of fused-ring (bicyclic) bond motifs is 10. The first-order valence-electron chi connectivity index (χ1n) is 19.1. The molecule has 0 spiro atoms. The molecule has 4 heterocycles. The van der Waals surface area contributed by atoms with Gasteiger partial charge in [-0.05, 0) is 42.5 Å². The van der Waals surface area contributed by atoms with Crippen molar-refractivity contribution in [3.8, 4) is 45.5 Å². The molecule has 0 aliphatic carbocycles. The molecule has 0 saturated carbocycles. The predicted molar refractivity (Wildman–Crippen MR) is 238 cm³/mol. The van der Waals surface area contributed by atoms with Crippen LogP contribution in [-0.4, -0.2) is 24.1 Å². The highest BCUT2D eigenvalue weighted by Crippen LogP contribution is 2.47. The van der Waals surface area contributed by atoms with E-state index in [1.807, 2.05) is 47.7 Å². The summed E-state index contributed by atoms with van der Waals surface area (Å²) in [5.41, 5.74) is 9.76. The first-order chi connectivity index (χ1) is 28.3. The third kappa shape index (κ3) is 4.84. The molecule has 0 radical (unpaired) electrons. The van der Waals surface area contributed by atoms with E-state index in [2.05, 4.69) is 161 Å². The fourth-order valence-corrected chi connectivity index (χ4v) is 9.98. The number of hydrogen-bond donors (Lipinski definition) is 0. The number of aromatic nitrogens is 5. The van der Waals surface area contributed by atoms with Gasteiger partial charge in [-0.2, -0.15) is 0 Å². The Morgan fingerprint density at radius 3 is 1.56 bits per heavy atom. The topological polar surface area (TPSA) is 48.5 Å². The van der Waals surface area contributed by atoms with Gasteiger partial charge in [0.25, 0.3) is 0 Å². The van der Waals surface area contributed by atoms with Gasteiger partial charge < -0.3 is 9.13 Å². The van der Waals surface area contributed by atoms with Crippen molar-refractivity contribution in [3.63, 3.8) is 0 Å². The number of benzene rings is 8. The van der Waals surface area contributed by atoms with Gasteiger partial charge in [-0.1, -0.05) is 146 Å². The molecular weight excluding hydrogens is 715 g/mol. The molecule has 0 N–H and O–H groups in total. The minimum absolute atomic E-state index is 0.634. The maximum Gasteiger partial charge on any atom is 0.166 e. The van der Waals surface area contributed by atoms with Crippen molar-refractivity contribution in [1.29, 1.82) is 0 Å². The lowest BCUT2D eigenvalue weighted by molar-refractivity contribution is 1.07. The van der Waals surface area contributed by atoms with Crippen molar-refractivity contribution in [2.24, 2.45) is 0 Å². The Kier molecular flexibility index (Phi) is 7.03. The lowest BCUT2D eigenvalue weighted by Gasteiger charge is -2.13. The smallest absolute Gasteiger partial charge is 0.166 e. The first-order valence-corrected chi connectivity index (χ1v) is 19.9. The highest BCUT2D eigenvalue weighted by Gasteiger charge is 2.24. The number of para-hydroxylation sites is 4. The van der Waals surface area contributed by atoms with Gasteiger partial charge in [-0.25, -0.2) is 15.0 Å². The molecule has 0 fully saturated rings. The van der Waals surface area contributed by atoms with Gasteiger partial charge in [0.2, 0.25) is 0 Å². The van der Waals surface area contributed by atoms with Crippen LogP contribution in [0.1, 0.15) is 0 Å². The van der Waals surface area contributed by atoms with Crippen molar-refractivity contribution >= 4 is 75.1 Å². The monoisotopic (exact) mass is 745 g/mol. The Hall–Kier alpha value is -7.41. The van der Waals surface area contributed by atoms with E-state index >= 15 is 0 Å². The van der Waals surface area contributed by atoms with E-state index in [-0.39, 0.29) is 0 Å². The second kappa shape index (κ2) is 12.6. The fraction of sp³-hybridized carbons (Fsp3) is 0. The molecule has 8 aromatic carbocycles. The lowest BCUT2D eigenvalue weighted by Crippen LogP contribution is -2.02. The van der Waals surface area contributed by atoms with Gasteiger partial charge in [0.15, 0.2) is 17.5 Å². The molecule has 266 valence electrons. The van der Waals surface area contributed by atoms with Crippen LogP contribution in [0.5, 0.6) is 0 Å². The Morgan fingerprint density at radius 1 is 0.368 bits per heavy atom. The minimum atomic E-state index is 0.634. The van der Waals surface area contributed by atoms with E-state index in [0.29, 0.717) is 17.5 Å². The predicted octanol–water partition coefficient (Wildman–Crippen LogP) is 13.4. The first kappa shape index (κ1) is 31.9. The summed E-state index contributed by atoms with van der Waals surface area (Å²) in [4.78, 5) is 15.4. The van der Waals surface area contributed by atoms with Crippen molar-refractivity contribution in [1.82, 2.24) is 24.1 Å². The summed E-state index contributed by atoms with van der Waals surface area (Å²) in [6.07, 6.45) is 0. The van der Waals surface area contributed by atoms with Gasteiger partial charge in [0.05, 0.1) is 32.5 Å². The average Bonchev–Trinajstić information content (AvgIpc) is 3.95. The zero-order valence-corrected chi connectivity index (χ0v) is 31.4. The molecule has 6 heteroatoms. The average molecular weight is 746 g/mol. The Balaban J connectivity index is 1.19. The molecule has 0 aliphatic rings. The van der Waals surface area contributed by atoms with E-state index in [1.54, 1.807) is 0 Å². The summed E-state index contributed by atoms with van der Waals surface area (Å²) in [6.45, 7) is 0. The maximum absolute atomic E-state index is 5.21. The molecule has 12 aromatic rings. The SMILES string of the molecule is c1ccc(-c2nc(-c3ccccc3)nc(-c3cccc4c5ccc6c(sc7cccc(-n8c9ccccc9c9ccccc98)c76)c5n(-c5ccccc5)c34)n2)cc1. The second-order valence-electron chi connectivity index (χ2n) is 14.4. The van der Waals surface area contributed by atoms with Crippen molar-refractivity contribution in [2.45, 2.75) is 0 Å². The van der Waals surface area contributed by atoms with Gasteiger partial charge in [-0.15, -0.1) is 11.3 Å². The largest absolute Gasteiger partial charge is 0.309 e. The minimum Gasteiger partial charge on any atom is -0.309 e. The highest BCUT2D eigenvalue weighted by molar-refractivity contribution is 7.26. The molecule has 0 unspecified atom stereocenters. The third-order valence-electron chi connectivity index (χ3n) is 11.2. The second-order valence-corrected chi connectivity index (χ2v) is 15.4. The van der Waals surface area contributed by atoms with Crippen LogP contribution in [0.3, 0.4) is 0 Å². The highest BCUT2D eigenvalue weighted by atomic mass is 32.1. The standard InChI is InChI=1S/C51H31N5S/c1-4-16-32(17-5-1)49-52-50(33-18-6-2-7-19-33)54-51(53-49)40-25-14-24-37-38-30-31-39-45-43(56-41-26-12-10-22-35(41)36-23-11-13-27-42(36)56)28-15-29-44(45)57-48(39)47(38)55(46(37)40)34-20-8-3-9-21-34/h1-31H. The molecule has 0 bridgehead atoms. The number of nitrogens with zero attached hydrogens (tertiary/aromatic N) is 5. The summed E-state index contributed by atoms with van der Waals surface area (Å²) in [6, 6.07) is 66.5. The molecule has 12 rings (SSSR count). The van der Waals surface area contributed by atoms with Crippen LogP contribution in [0.25, 0.3) is 109 Å². The van der Waals surface area contributed by atoms with Crippen molar-refractivity contribution < 1.29 is 0 Å². The summed E-state index contributed by atoms with van der Waals surface area (Å²) in [5.74, 6) is 1.92. The molecular formula is C51H31N5S. The summed E-state index contributed by atoms with van der Waals surface area (Å²) >= 11 is 1.86. The van der Waals surface area contributed by atoms with Crippen LogP contribution >= 0.6 is 11.3 Å². The van der Waals surface area contributed by atoms with Gasteiger partial charge >= 0.3 is 0 Å². The van der Waals surface area contributed by atoms with Crippen LogP contribution in [0, 0.1) is 0 Å². The maximum atomic E-state index is 5.21. The fourth-order valence-electron chi connectivity index (χ4n) is 8.72. The van der Waals surface area contributed by atoms with E-state index < -0.39 is 0 Å². The van der Waals surface area contributed by atoms with E-state index in [9.17, 15) is 0 Å².